The fraction of sp³-hybridized carbons (Fsp3) is 0.429. The molecule has 2 heterocycles. The first-order chi connectivity index (χ1) is 9.65. The van der Waals surface area contributed by atoms with Gasteiger partial charge in [-0.25, -0.2) is 4.98 Å². The predicted molar refractivity (Wildman–Crippen MR) is 80.9 cm³/mol. The molecule has 1 atom stereocenters. The first kappa shape index (κ1) is 12.9. The number of rotatable bonds is 3. The smallest absolute Gasteiger partial charge is 0.258 e. The van der Waals surface area contributed by atoms with Crippen LogP contribution in [0.25, 0.3) is 10.9 Å². The highest BCUT2D eigenvalue weighted by Crippen LogP contribution is 2.24. The maximum Gasteiger partial charge on any atom is 0.258 e. The van der Waals surface area contributed by atoms with Crippen molar-refractivity contribution in [3.8, 4) is 0 Å². The summed E-state index contributed by atoms with van der Waals surface area (Å²) < 4.78 is 0. The highest BCUT2D eigenvalue weighted by molar-refractivity contribution is 5.88. The number of anilines is 2. The third-order valence-electron chi connectivity index (χ3n) is 4.01. The van der Waals surface area contributed by atoms with Gasteiger partial charge >= 0.3 is 0 Å². The van der Waals surface area contributed by atoms with E-state index < -0.39 is 0 Å². The van der Waals surface area contributed by atoms with Gasteiger partial charge in [-0.05, 0) is 38.6 Å². The zero-order valence-corrected chi connectivity index (χ0v) is 11.5. The van der Waals surface area contributed by atoms with Crippen LogP contribution in [0.2, 0.25) is 0 Å². The zero-order chi connectivity index (χ0) is 14.1. The van der Waals surface area contributed by atoms with E-state index in [9.17, 15) is 4.79 Å². The molecule has 2 aromatic rings. The Labute approximate surface area is 117 Å². The van der Waals surface area contributed by atoms with E-state index in [-0.39, 0.29) is 5.56 Å². The molecule has 106 valence electrons. The predicted octanol–water partition coefficient (Wildman–Crippen LogP) is 1.01. The number of hydrogen-bond donors (Lipinski definition) is 3. The van der Waals surface area contributed by atoms with Crippen molar-refractivity contribution in [2.45, 2.75) is 18.9 Å². The molecular weight excluding hydrogens is 254 g/mol. The maximum absolute atomic E-state index is 11.7. The summed E-state index contributed by atoms with van der Waals surface area (Å²) >= 11 is 0. The molecule has 1 unspecified atom stereocenters. The molecule has 1 aromatic carbocycles. The van der Waals surface area contributed by atoms with E-state index in [0.717, 1.165) is 18.8 Å². The Balaban J connectivity index is 1.84. The molecule has 0 saturated carbocycles. The molecule has 6 nitrogen and oxygen atoms in total. The lowest BCUT2D eigenvalue weighted by atomic mass is 10.1. The fourth-order valence-corrected chi connectivity index (χ4v) is 2.75. The Hall–Kier alpha value is -2.08. The number of aromatic nitrogens is 2. The fourth-order valence-electron chi connectivity index (χ4n) is 2.75. The van der Waals surface area contributed by atoms with Crippen molar-refractivity contribution >= 4 is 22.3 Å². The van der Waals surface area contributed by atoms with Crippen molar-refractivity contribution in [1.29, 1.82) is 0 Å². The molecule has 3 rings (SSSR count). The van der Waals surface area contributed by atoms with E-state index in [0.29, 0.717) is 22.6 Å². The van der Waals surface area contributed by atoms with Gasteiger partial charge in [0.05, 0.1) is 28.6 Å². The van der Waals surface area contributed by atoms with Crippen molar-refractivity contribution in [3.05, 3.63) is 28.8 Å². The first-order valence-electron chi connectivity index (χ1n) is 6.86. The lowest BCUT2D eigenvalue weighted by Crippen LogP contribution is -2.31. The highest BCUT2D eigenvalue weighted by Gasteiger charge is 2.20. The summed E-state index contributed by atoms with van der Waals surface area (Å²) in [6.45, 7) is 2.01. The Morgan fingerprint density at radius 3 is 3.15 bits per heavy atom. The van der Waals surface area contributed by atoms with Crippen LogP contribution >= 0.6 is 0 Å². The number of benzene rings is 1. The number of nitrogens with two attached hydrogens (primary N) is 1. The van der Waals surface area contributed by atoms with Gasteiger partial charge in [0, 0.05) is 12.6 Å². The van der Waals surface area contributed by atoms with E-state index in [1.807, 2.05) is 6.07 Å². The minimum Gasteiger partial charge on any atom is -0.397 e. The second-order valence-electron chi connectivity index (χ2n) is 5.35. The molecule has 6 heteroatoms. The highest BCUT2D eigenvalue weighted by atomic mass is 16.1. The Bertz CT molecular complexity index is 681. The molecule has 1 aliphatic rings. The van der Waals surface area contributed by atoms with Crippen molar-refractivity contribution in [3.63, 3.8) is 0 Å². The number of nitrogen functional groups attached to an aromatic ring is 1. The number of aromatic amines is 1. The average molecular weight is 273 g/mol. The topological polar surface area (TPSA) is 87.0 Å². The quantitative estimate of drug-likeness (QED) is 0.727. The summed E-state index contributed by atoms with van der Waals surface area (Å²) in [5.41, 5.74) is 7.94. The lowest BCUT2D eigenvalue weighted by Gasteiger charge is -2.21. The van der Waals surface area contributed by atoms with Crippen LogP contribution < -0.4 is 16.6 Å². The first-order valence-corrected chi connectivity index (χ1v) is 6.86. The summed E-state index contributed by atoms with van der Waals surface area (Å²) in [6, 6.07) is 4.06. The van der Waals surface area contributed by atoms with Crippen LogP contribution in [0, 0.1) is 0 Å². The number of likely N-dealkylation sites (N-methyl/N-ethyl adjacent to an activating group) is 1. The second-order valence-corrected chi connectivity index (χ2v) is 5.35. The van der Waals surface area contributed by atoms with Gasteiger partial charge < -0.3 is 20.9 Å². The summed E-state index contributed by atoms with van der Waals surface area (Å²) in [6.07, 6.45) is 3.86. The van der Waals surface area contributed by atoms with Crippen LogP contribution in [0.1, 0.15) is 12.8 Å². The van der Waals surface area contributed by atoms with Gasteiger partial charge in [-0.3, -0.25) is 4.79 Å². The molecule has 0 amide bonds. The molecule has 1 saturated heterocycles. The van der Waals surface area contributed by atoms with Gasteiger partial charge in [0.15, 0.2) is 0 Å². The SMILES string of the molecule is CN1CCCC1CNc1cc2nc[nH]c(=O)c2cc1N. The second kappa shape index (κ2) is 5.13. The third kappa shape index (κ3) is 2.34. The van der Waals surface area contributed by atoms with Crippen molar-refractivity contribution < 1.29 is 0 Å². The number of nitrogens with one attached hydrogen (secondary N) is 2. The van der Waals surface area contributed by atoms with E-state index in [2.05, 4.69) is 27.2 Å². The van der Waals surface area contributed by atoms with E-state index in [1.165, 1.54) is 19.2 Å². The van der Waals surface area contributed by atoms with Crippen LogP contribution in [0.4, 0.5) is 11.4 Å². The number of fused-ring (bicyclic) bond motifs is 1. The van der Waals surface area contributed by atoms with E-state index in [4.69, 9.17) is 5.73 Å². The van der Waals surface area contributed by atoms with Gasteiger partial charge in [0.1, 0.15) is 0 Å². The third-order valence-corrected chi connectivity index (χ3v) is 4.01. The van der Waals surface area contributed by atoms with Crippen LogP contribution in [0.15, 0.2) is 23.3 Å². The Kier molecular flexibility index (Phi) is 3.31. The summed E-state index contributed by atoms with van der Waals surface area (Å²) in [5.74, 6) is 0. The number of nitrogens with zero attached hydrogens (tertiary/aromatic N) is 2. The Morgan fingerprint density at radius 2 is 2.40 bits per heavy atom. The summed E-state index contributed by atoms with van der Waals surface area (Å²) in [7, 11) is 2.14. The summed E-state index contributed by atoms with van der Waals surface area (Å²) in [5, 5.41) is 3.90. The molecule has 20 heavy (non-hydrogen) atoms. The minimum atomic E-state index is -0.163. The molecule has 1 aliphatic heterocycles. The van der Waals surface area contributed by atoms with Gasteiger partial charge in [-0.1, -0.05) is 0 Å². The molecule has 0 bridgehead atoms. The van der Waals surface area contributed by atoms with E-state index >= 15 is 0 Å². The largest absolute Gasteiger partial charge is 0.397 e. The van der Waals surface area contributed by atoms with Gasteiger partial charge in [-0.15, -0.1) is 0 Å². The number of likely N-dealkylation sites (tertiary alicyclic amines) is 1. The molecule has 1 fully saturated rings. The van der Waals surface area contributed by atoms with E-state index in [1.54, 1.807) is 6.07 Å². The molecule has 0 aliphatic carbocycles. The van der Waals surface area contributed by atoms with Gasteiger partial charge in [0.2, 0.25) is 0 Å². The molecule has 0 radical (unpaired) electrons. The zero-order valence-electron chi connectivity index (χ0n) is 11.5. The van der Waals surface area contributed by atoms with Crippen LogP contribution in [-0.2, 0) is 0 Å². The molecule has 1 aromatic heterocycles. The number of H-pyrrole nitrogens is 1. The normalized spacial score (nSPS) is 19.6. The molecular formula is C14H19N5O. The Morgan fingerprint density at radius 1 is 1.55 bits per heavy atom. The summed E-state index contributed by atoms with van der Waals surface area (Å²) in [4.78, 5) is 20.8. The van der Waals surface area contributed by atoms with Crippen LogP contribution in [0.5, 0.6) is 0 Å². The van der Waals surface area contributed by atoms with Crippen LogP contribution in [0.3, 0.4) is 0 Å². The monoisotopic (exact) mass is 273 g/mol. The number of hydrogen-bond acceptors (Lipinski definition) is 5. The van der Waals surface area contributed by atoms with Gasteiger partial charge in [0.25, 0.3) is 5.56 Å². The maximum atomic E-state index is 11.7. The molecule has 4 N–H and O–H groups in total. The average Bonchev–Trinajstić information content (AvgIpc) is 2.83. The van der Waals surface area contributed by atoms with Crippen molar-refractivity contribution in [2.75, 3.05) is 31.2 Å². The molecule has 0 spiro atoms. The lowest BCUT2D eigenvalue weighted by molar-refractivity contribution is 0.322. The standard InChI is InChI=1S/C14H19N5O/c1-19-4-2-3-9(19)7-16-13-6-12-10(5-11(13)15)14(20)18-8-17-12/h5-6,8-9,16H,2-4,7,15H2,1H3,(H,17,18,20). The van der Waals surface area contributed by atoms with Crippen LogP contribution in [-0.4, -0.2) is 41.0 Å². The van der Waals surface area contributed by atoms with Gasteiger partial charge in [-0.2, -0.15) is 0 Å². The van der Waals surface area contributed by atoms with Crippen molar-refractivity contribution in [1.82, 2.24) is 14.9 Å². The van der Waals surface area contributed by atoms with Crippen molar-refractivity contribution in [2.24, 2.45) is 0 Å². The minimum absolute atomic E-state index is 0.163.